The summed E-state index contributed by atoms with van der Waals surface area (Å²) in [5, 5.41) is 6.62. The minimum Gasteiger partial charge on any atom is -0.347 e. The Morgan fingerprint density at radius 3 is 2.56 bits per heavy atom. The maximum Gasteiger partial charge on any atom is 0.233 e. The van der Waals surface area contributed by atoms with Crippen LogP contribution < -0.4 is 10.6 Å². The molecule has 2 atom stereocenters. The monoisotopic (exact) mass is 369 g/mol. The van der Waals surface area contributed by atoms with E-state index in [2.05, 4.69) is 46.7 Å². The number of hydrogen-bond acceptors (Lipinski definition) is 3. The van der Waals surface area contributed by atoms with Gasteiger partial charge in [-0.15, -0.1) is 0 Å². The summed E-state index contributed by atoms with van der Waals surface area (Å²) in [6.45, 7) is 6.75. The third kappa shape index (κ3) is 3.16. The van der Waals surface area contributed by atoms with Gasteiger partial charge in [0.05, 0.1) is 11.0 Å². The van der Waals surface area contributed by atoms with Crippen LogP contribution in [-0.2, 0) is 15.0 Å². The third-order valence-corrected chi connectivity index (χ3v) is 6.99. The first-order chi connectivity index (χ1) is 13.0. The molecule has 2 heterocycles. The maximum absolute atomic E-state index is 13.8. The Balaban J connectivity index is 1.63. The molecule has 3 fully saturated rings. The zero-order chi connectivity index (χ0) is 19.1. The fourth-order valence-electron chi connectivity index (χ4n) is 5.60. The number of fused-ring (bicyclic) bond motifs is 1. The lowest BCUT2D eigenvalue weighted by atomic mass is 9.77. The summed E-state index contributed by atoms with van der Waals surface area (Å²) in [5.74, 6) is 0.596. The number of carbonyl (C=O) groups is 2. The lowest BCUT2D eigenvalue weighted by Gasteiger charge is -2.39. The topological polar surface area (TPSA) is 61.4 Å². The van der Waals surface area contributed by atoms with Gasteiger partial charge in [-0.3, -0.25) is 9.59 Å². The van der Waals surface area contributed by atoms with Gasteiger partial charge in [-0.2, -0.15) is 0 Å². The number of piperidine rings is 1. The predicted molar refractivity (Wildman–Crippen MR) is 105 cm³/mol. The number of amides is 2. The van der Waals surface area contributed by atoms with Crippen molar-refractivity contribution in [3.63, 3.8) is 0 Å². The molecule has 2 amide bonds. The van der Waals surface area contributed by atoms with E-state index in [1.165, 1.54) is 5.56 Å². The van der Waals surface area contributed by atoms with E-state index < -0.39 is 0 Å². The molecule has 5 nitrogen and oxygen atoms in total. The van der Waals surface area contributed by atoms with E-state index in [0.717, 1.165) is 57.3 Å². The standard InChI is InChI=1S/C22H31N3O2/c1-16-5-7-18(8-6-16)21(10-3-4-11-21)20(27)25-13-19-9-12-23-14-22(19,15-25)24-17(2)26/h5-8,19,23H,3-4,9-15H2,1-2H3,(H,24,26)/t19-,22-/m1/s1. The van der Waals surface area contributed by atoms with Crippen LogP contribution in [0.4, 0.5) is 0 Å². The average Bonchev–Trinajstić information content (AvgIpc) is 3.26. The second-order valence-corrected chi connectivity index (χ2v) is 8.84. The smallest absolute Gasteiger partial charge is 0.233 e. The van der Waals surface area contributed by atoms with Crippen LogP contribution in [0.5, 0.6) is 0 Å². The molecule has 146 valence electrons. The first-order valence-corrected chi connectivity index (χ1v) is 10.3. The molecule has 0 aromatic heterocycles. The van der Waals surface area contributed by atoms with E-state index >= 15 is 0 Å². The van der Waals surface area contributed by atoms with Gasteiger partial charge < -0.3 is 15.5 Å². The van der Waals surface area contributed by atoms with Crippen molar-refractivity contribution in [1.29, 1.82) is 0 Å². The van der Waals surface area contributed by atoms with E-state index in [1.807, 2.05) is 0 Å². The molecule has 5 heteroatoms. The zero-order valence-corrected chi connectivity index (χ0v) is 16.5. The third-order valence-electron chi connectivity index (χ3n) is 6.99. The summed E-state index contributed by atoms with van der Waals surface area (Å²) in [6.07, 6.45) is 5.08. The van der Waals surface area contributed by atoms with Crippen molar-refractivity contribution in [2.24, 2.45) is 5.92 Å². The fraction of sp³-hybridized carbons (Fsp3) is 0.636. The van der Waals surface area contributed by atoms with Crippen molar-refractivity contribution in [2.75, 3.05) is 26.2 Å². The van der Waals surface area contributed by atoms with Crippen LogP contribution >= 0.6 is 0 Å². The van der Waals surface area contributed by atoms with E-state index in [-0.39, 0.29) is 22.8 Å². The maximum atomic E-state index is 13.8. The Morgan fingerprint density at radius 2 is 1.89 bits per heavy atom. The molecule has 0 bridgehead atoms. The molecule has 2 N–H and O–H groups in total. The Morgan fingerprint density at radius 1 is 1.19 bits per heavy atom. The second kappa shape index (κ2) is 6.93. The lowest BCUT2D eigenvalue weighted by molar-refractivity contribution is -0.137. The summed E-state index contributed by atoms with van der Waals surface area (Å²) in [4.78, 5) is 27.7. The highest BCUT2D eigenvalue weighted by Crippen LogP contribution is 2.44. The first-order valence-electron chi connectivity index (χ1n) is 10.3. The first kappa shape index (κ1) is 18.5. The molecular formula is C22H31N3O2. The molecule has 0 spiro atoms. The van der Waals surface area contributed by atoms with Crippen LogP contribution in [0.25, 0.3) is 0 Å². The number of likely N-dealkylation sites (tertiary alicyclic amines) is 1. The van der Waals surface area contributed by atoms with E-state index in [9.17, 15) is 9.59 Å². The summed E-state index contributed by atoms with van der Waals surface area (Å²) in [5.41, 5.74) is 1.69. The number of carbonyl (C=O) groups excluding carboxylic acids is 2. The number of aryl methyl sites for hydroxylation is 1. The Bertz CT molecular complexity index is 724. The predicted octanol–water partition coefficient (Wildman–Crippen LogP) is 2.13. The minimum atomic E-state index is -0.383. The van der Waals surface area contributed by atoms with Crippen LogP contribution in [0.15, 0.2) is 24.3 Å². The van der Waals surface area contributed by atoms with Gasteiger partial charge in [-0.05, 0) is 38.3 Å². The SMILES string of the molecule is CC(=O)N[C@@]12CNCC[C@@H]1CN(C(=O)C1(c3ccc(C)cc3)CCCC1)C2. The number of nitrogens with one attached hydrogen (secondary N) is 2. The molecule has 3 aliphatic rings. The van der Waals surface area contributed by atoms with Crippen LogP contribution in [0.1, 0.15) is 50.2 Å². The van der Waals surface area contributed by atoms with Crippen LogP contribution in [0.3, 0.4) is 0 Å². The van der Waals surface area contributed by atoms with Crippen molar-refractivity contribution < 1.29 is 9.59 Å². The highest BCUT2D eigenvalue weighted by Gasteiger charge is 2.53. The zero-order valence-electron chi connectivity index (χ0n) is 16.5. The summed E-state index contributed by atoms with van der Waals surface area (Å²) >= 11 is 0. The van der Waals surface area contributed by atoms with Gasteiger partial charge in [0.15, 0.2) is 0 Å². The average molecular weight is 370 g/mol. The number of hydrogen-bond donors (Lipinski definition) is 2. The highest BCUT2D eigenvalue weighted by molar-refractivity contribution is 5.89. The highest BCUT2D eigenvalue weighted by atomic mass is 16.2. The molecule has 0 radical (unpaired) electrons. The summed E-state index contributed by atoms with van der Waals surface area (Å²) in [7, 11) is 0. The molecule has 0 unspecified atom stereocenters. The van der Waals surface area contributed by atoms with Gasteiger partial charge >= 0.3 is 0 Å². The van der Waals surface area contributed by atoms with Crippen molar-refractivity contribution >= 4 is 11.8 Å². The Kier molecular flexibility index (Phi) is 4.75. The van der Waals surface area contributed by atoms with Crippen molar-refractivity contribution in [3.8, 4) is 0 Å². The normalized spacial score (nSPS) is 29.4. The molecule has 1 aromatic carbocycles. The van der Waals surface area contributed by atoms with Gasteiger partial charge in [0.2, 0.25) is 11.8 Å². The summed E-state index contributed by atoms with van der Waals surface area (Å²) in [6, 6.07) is 8.53. The molecule has 4 rings (SSSR count). The molecule has 1 aromatic rings. The van der Waals surface area contributed by atoms with Gasteiger partial charge in [-0.25, -0.2) is 0 Å². The summed E-state index contributed by atoms with van der Waals surface area (Å²) < 4.78 is 0. The molecular weight excluding hydrogens is 338 g/mol. The number of rotatable bonds is 3. The van der Waals surface area contributed by atoms with Crippen LogP contribution in [-0.4, -0.2) is 48.4 Å². The number of benzene rings is 1. The fourth-order valence-corrected chi connectivity index (χ4v) is 5.60. The largest absolute Gasteiger partial charge is 0.347 e. The molecule has 2 aliphatic heterocycles. The van der Waals surface area contributed by atoms with Gasteiger partial charge in [0.25, 0.3) is 0 Å². The minimum absolute atomic E-state index is 0.00730. The van der Waals surface area contributed by atoms with Crippen molar-refractivity contribution in [3.05, 3.63) is 35.4 Å². The Hall–Kier alpha value is -1.88. The van der Waals surface area contributed by atoms with E-state index in [0.29, 0.717) is 12.5 Å². The quantitative estimate of drug-likeness (QED) is 0.858. The van der Waals surface area contributed by atoms with Crippen LogP contribution in [0.2, 0.25) is 0 Å². The van der Waals surface area contributed by atoms with Crippen molar-refractivity contribution in [2.45, 2.75) is 56.9 Å². The van der Waals surface area contributed by atoms with Crippen LogP contribution in [0, 0.1) is 12.8 Å². The van der Waals surface area contributed by atoms with E-state index in [1.54, 1.807) is 6.92 Å². The molecule has 2 saturated heterocycles. The van der Waals surface area contributed by atoms with Gasteiger partial charge in [0.1, 0.15) is 0 Å². The van der Waals surface area contributed by atoms with E-state index in [4.69, 9.17) is 0 Å². The molecule has 1 aliphatic carbocycles. The second-order valence-electron chi connectivity index (χ2n) is 8.84. The van der Waals surface area contributed by atoms with Gasteiger partial charge in [-0.1, -0.05) is 42.7 Å². The molecule has 27 heavy (non-hydrogen) atoms. The lowest BCUT2D eigenvalue weighted by Crippen LogP contribution is -2.63. The number of nitrogens with zero attached hydrogens (tertiary/aromatic N) is 1. The van der Waals surface area contributed by atoms with Gasteiger partial charge in [0, 0.05) is 32.5 Å². The van der Waals surface area contributed by atoms with Crippen molar-refractivity contribution in [1.82, 2.24) is 15.5 Å². The molecule has 1 saturated carbocycles. The Labute approximate surface area is 161 Å².